The number of nitrogens with zero attached hydrogens (tertiary/aromatic N) is 1. The number of halogens is 1. The van der Waals surface area contributed by atoms with Crippen molar-refractivity contribution in [1.29, 1.82) is 0 Å². The van der Waals surface area contributed by atoms with Crippen molar-refractivity contribution in [3.8, 4) is 0 Å². The lowest BCUT2D eigenvalue weighted by Gasteiger charge is -2.19. The minimum Gasteiger partial charge on any atom is -0.360 e. The summed E-state index contributed by atoms with van der Waals surface area (Å²) in [5, 5.41) is 11.8. The Labute approximate surface area is 131 Å². The molecule has 1 aliphatic heterocycles. The third kappa shape index (κ3) is 2.62. The van der Waals surface area contributed by atoms with Crippen LogP contribution in [0.4, 0.5) is 5.69 Å². The Balaban J connectivity index is 2.01. The first-order valence-corrected chi connectivity index (χ1v) is 8.18. The number of nitrogens with one attached hydrogen (secondary N) is 2. The summed E-state index contributed by atoms with van der Waals surface area (Å²) >= 11 is 3.53. The van der Waals surface area contributed by atoms with Gasteiger partial charge in [0.25, 0.3) is 5.56 Å². The quantitative estimate of drug-likeness (QED) is 0.787. The molecule has 0 saturated carbocycles. The predicted octanol–water partition coefficient (Wildman–Crippen LogP) is 4.42. The van der Waals surface area contributed by atoms with Gasteiger partial charge in [-0.3, -0.25) is 4.79 Å². The van der Waals surface area contributed by atoms with E-state index in [1.54, 1.807) is 0 Å². The lowest BCUT2D eigenvalue weighted by molar-refractivity contribution is 0.677. The summed E-state index contributed by atoms with van der Waals surface area (Å²) in [6.45, 7) is 2.21. The van der Waals surface area contributed by atoms with Crippen LogP contribution >= 0.6 is 15.9 Å². The van der Waals surface area contributed by atoms with E-state index in [-0.39, 0.29) is 5.56 Å². The van der Waals surface area contributed by atoms with Crippen molar-refractivity contribution >= 4 is 38.0 Å². The highest BCUT2D eigenvalue weighted by atomic mass is 79.9. The third-order valence-electron chi connectivity index (χ3n) is 3.90. The van der Waals surface area contributed by atoms with Gasteiger partial charge in [-0.2, -0.15) is 5.10 Å². The van der Waals surface area contributed by atoms with Crippen molar-refractivity contribution in [1.82, 2.24) is 10.2 Å². The van der Waals surface area contributed by atoms with Crippen LogP contribution in [0.2, 0.25) is 0 Å². The van der Waals surface area contributed by atoms with Crippen LogP contribution in [0.1, 0.15) is 44.7 Å². The molecule has 0 radical (unpaired) electrons. The second-order valence-electron chi connectivity index (χ2n) is 5.37. The summed E-state index contributed by atoms with van der Waals surface area (Å²) in [6.07, 6.45) is 7.86. The van der Waals surface area contributed by atoms with Crippen molar-refractivity contribution in [3.05, 3.63) is 38.9 Å². The molecule has 1 aromatic carbocycles. The minimum absolute atomic E-state index is 0.142. The lowest BCUT2D eigenvalue weighted by atomic mass is 9.97. The van der Waals surface area contributed by atoms with Crippen molar-refractivity contribution in [2.45, 2.75) is 39.0 Å². The minimum atomic E-state index is -0.142. The van der Waals surface area contributed by atoms with Gasteiger partial charge in [0.2, 0.25) is 0 Å². The molecule has 2 N–H and O–H groups in total. The van der Waals surface area contributed by atoms with E-state index >= 15 is 0 Å². The molecule has 0 fully saturated rings. The molecule has 110 valence electrons. The molecule has 1 aromatic heterocycles. The fraction of sp³-hybridized carbons (Fsp3) is 0.375. The highest BCUT2D eigenvalue weighted by molar-refractivity contribution is 9.10. The maximum Gasteiger partial charge on any atom is 0.272 e. The van der Waals surface area contributed by atoms with E-state index in [4.69, 9.17) is 0 Å². The Kier molecular flexibility index (Phi) is 4.10. The maximum absolute atomic E-state index is 12.0. The average molecular weight is 348 g/mol. The van der Waals surface area contributed by atoms with Crippen LogP contribution in [0.5, 0.6) is 0 Å². The number of H-pyrrole nitrogens is 1. The van der Waals surface area contributed by atoms with E-state index in [0.717, 1.165) is 39.7 Å². The summed E-state index contributed by atoms with van der Waals surface area (Å²) < 4.78 is 0.949. The Bertz CT molecular complexity index is 764. The van der Waals surface area contributed by atoms with Crippen LogP contribution in [0.25, 0.3) is 16.3 Å². The molecule has 0 unspecified atom stereocenters. The number of rotatable bonds is 5. The van der Waals surface area contributed by atoms with Crippen LogP contribution in [-0.4, -0.2) is 10.2 Å². The smallest absolute Gasteiger partial charge is 0.272 e. The maximum atomic E-state index is 12.0. The zero-order chi connectivity index (χ0) is 14.8. The molecule has 0 atom stereocenters. The van der Waals surface area contributed by atoms with Gasteiger partial charge in [0.1, 0.15) is 0 Å². The molecule has 0 spiro atoms. The van der Waals surface area contributed by atoms with Gasteiger partial charge in [-0.25, -0.2) is 5.10 Å². The van der Waals surface area contributed by atoms with Gasteiger partial charge < -0.3 is 5.32 Å². The first kappa shape index (κ1) is 14.3. The first-order chi connectivity index (χ1) is 10.2. The van der Waals surface area contributed by atoms with Gasteiger partial charge in [0.15, 0.2) is 0 Å². The van der Waals surface area contributed by atoms with Crippen LogP contribution in [-0.2, 0) is 0 Å². The largest absolute Gasteiger partial charge is 0.360 e. The van der Waals surface area contributed by atoms with Crippen molar-refractivity contribution in [3.63, 3.8) is 0 Å². The molecular formula is C16H18BrN3O. The van der Waals surface area contributed by atoms with Gasteiger partial charge in [-0.1, -0.05) is 26.2 Å². The molecule has 0 saturated heterocycles. The van der Waals surface area contributed by atoms with E-state index in [2.05, 4.69) is 38.4 Å². The zero-order valence-electron chi connectivity index (χ0n) is 12.0. The SMILES string of the molecule is CCCCCCC1=CNc2c(Br)ccc3c(=O)[nH]nc1c23. The van der Waals surface area contributed by atoms with Gasteiger partial charge in [0, 0.05) is 16.1 Å². The molecule has 2 aromatic rings. The molecule has 5 heteroatoms. The van der Waals surface area contributed by atoms with Gasteiger partial charge in [0.05, 0.1) is 16.8 Å². The summed E-state index contributed by atoms with van der Waals surface area (Å²) in [7, 11) is 0. The first-order valence-electron chi connectivity index (χ1n) is 7.39. The van der Waals surface area contributed by atoms with E-state index in [9.17, 15) is 4.79 Å². The average Bonchev–Trinajstić information content (AvgIpc) is 2.50. The number of hydrogen-bond acceptors (Lipinski definition) is 3. The van der Waals surface area contributed by atoms with E-state index in [1.807, 2.05) is 18.3 Å². The summed E-state index contributed by atoms with van der Waals surface area (Å²) in [6, 6.07) is 3.73. The van der Waals surface area contributed by atoms with Crippen molar-refractivity contribution in [2.75, 3.05) is 5.32 Å². The molecular weight excluding hydrogens is 330 g/mol. The molecule has 2 heterocycles. The number of aromatic nitrogens is 2. The van der Waals surface area contributed by atoms with Crippen molar-refractivity contribution < 1.29 is 0 Å². The summed E-state index contributed by atoms with van der Waals surface area (Å²) in [5.74, 6) is 0. The second-order valence-corrected chi connectivity index (χ2v) is 6.23. The van der Waals surface area contributed by atoms with Crippen LogP contribution in [0, 0.1) is 0 Å². The number of anilines is 1. The van der Waals surface area contributed by atoms with E-state index < -0.39 is 0 Å². The van der Waals surface area contributed by atoms with Crippen LogP contribution in [0.3, 0.4) is 0 Å². The van der Waals surface area contributed by atoms with Gasteiger partial charge in [-0.15, -0.1) is 0 Å². The topological polar surface area (TPSA) is 57.8 Å². The Hall–Kier alpha value is -1.62. The molecule has 0 amide bonds. The van der Waals surface area contributed by atoms with Gasteiger partial charge >= 0.3 is 0 Å². The van der Waals surface area contributed by atoms with Gasteiger partial charge in [-0.05, 0) is 46.5 Å². The number of hydrogen-bond donors (Lipinski definition) is 2. The fourth-order valence-corrected chi connectivity index (χ4v) is 3.21. The van der Waals surface area contributed by atoms with Crippen molar-refractivity contribution in [2.24, 2.45) is 0 Å². The summed E-state index contributed by atoms with van der Waals surface area (Å²) in [5.41, 5.74) is 2.85. The summed E-state index contributed by atoms with van der Waals surface area (Å²) in [4.78, 5) is 12.0. The number of aromatic amines is 1. The third-order valence-corrected chi connectivity index (χ3v) is 4.56. The van der Waals surface area contributed by atoms with E-state index in [1.165, 1.54) is 19.3 Å². The molecule has 3 rings (SSSR count). The van der Waals surface area contributed by atoms with E-state index in [0.29, 0.717) is 5.39 Å². The Morgan fingerprint density at radius 2 is 2.10 bits per heavy atom. The monoisotopic (exact) mass is 347 g/mol. The number of unbranched alkanes of at least 4 members (excludes halogenated alkanes) is 3. The Morgan fingerprint density at radius 1 is 1.24 bits per heavy atom. The zero-order valence-corrected chi connectivity index (χ0v) is 13.6. The second kappa shape index (κ2) is 6.02. The Morgan fingerprint density at radius 3 is 2.90 bits per heavy atom. The predicted molar refractivity (Wildman–Crippen MR) is 90.4 cm³/mol. The number of allylic oxidation sites excluding steroid dienone is 1. The number of benzene rings is 1. The molecule has 1 aliphatic rings. The fourth-order valence-electron chi connectivity index (χ4n) is 2.77. The highest BCUT2D eigenvalue weighted by Crippen LogP contribution is 2.38. The normalized spacial score (nSPS) is 13.1. The lowest BCUT2D eigenvalue weighted by Crippen LogP contribution is -2.14. The van der Waals surface area contributed by atoms with Crippen LogP contribution in [0.15, 0.2) is 27.6 Å². The molecule has 4 nitrogen and oxygen atoms in total. The molecule has 0 aliphatic carbocycles. The molecule has 0 bridgehead atoms. The van der Waals surface area contributed by atoms with Crippen LogP contribution < -0.4 is 10.9 Å². The molecule has 21 heavy (non-hydrogen) atoms. The highest BCUT2D eigenvalue weighted by Gasteiger charge is 2.19. The standard InChI is InChI=1S/C16H18BrN3O/c1-2-3-4-5-6-10-9-18-15-12(17)8-7-11-13(15)14(10)19-20-16(11)21/h7-9,18H,2-6H2,1H3,(H,20,21).